The Balaban J connectivity index is 1.11. The van der Waals surface area contributed by atoms with E-state index < -0.39 is 0 Å². The topological polar surface area (TPSA) is 8.17 Å². The molecule has 1 aliphatic rings. The molecule has 2 nitrogen and oxygen atoms in total. The Kier molecular flexibility index (Phi) is 7.33. The van der Waals surface area contributed by atoms with Gasteiger partial charge in [0.25, 0.3) is 0 Å². The van der Waals surface area contributed by atoms with Crippen LogP contribution in [0, 0.1) is 0 Å². The standard InChI is InChI=1S/C48H34N2/c1-34-13-10-11-30-49(41-18-6-3-7-19-41)46-28-24-39(32-44(34)46)40-25-29-48-45(33-40)43-20-8-9-21-47(43)50(48)42-26-22-36(23-27-42)38-17-12-16-37(31-38)35-14-4-2-5-15-35/h2-33H,1H2/b13-10-,30-11-. The Bertz CT molecular complexity index is 2590. The first kappa shape index (κ1) is 29.5. The lowest BCUT2D eigenvalue weighted by molar-refractivity contribution is 1.18. The van der Waals surface area contributed by atoms with Crippen molar-refractivity contribution in [3.63, 3.8) is 0 Å². The van der Waals surface area contributed by atoms with Gasteiger partial charge in [-0.2, -0.15) is 0 Å². The third-order valence-electron chi connectivity index (χ3n) is 9.71. The maximum Gasteiger partial charge on any atom is 0.0541 e. The Morgan fingerprint density at radius 3 is 1.80 bits per heavy atom. The summed E-state index contributed by atoms with van der Waals surface area (Å²) in [6, 6.07) is 61.1. The van der Waals surface area contributed by atoms with Crippen LogP contribution in [0.25, 0.3) is 66.4 Å². The number of aromatic nitrogens is 1. The number of anilines is 2. The zero-order chi connectivity index (χ0) is 33.4. The predicted molar refractivity (Wildman–Crippen MR) is 213 cm³/mol. The fourth-order valence-electron chi connectivity index (χ4n) is 7.22. The summed E-state index contributed by atoms with van der Waals surface area (Å²) in [4.78, 5) is 2.23. The van der Waals surface area contributed by atoms with E-state index in [-0.39, 0.29) is 0 Å². The normalized spacial score (nSPS) is 13.9. The molecule has 0 saturated carbocycles. The van der Waals surface area contributed by atoms with Crippen molar-refractivity contribution in [1.29, 1.82) is 0 Å². The maximum atomic E-state index is 4.44. The van der Waals surface area contributed by atoms with E-state index in [9.17, 15) is 0 Å². The van der Waals surface area contributed by atoms with Crippen molar-refractivity contribution in [2.24, 2.45) is 0 Å². The fourth-order valence-corrected chi connectivity index (χ4v) is 7.22. The first-order chi connectivity index (χ1) is 24.7. The average molecular weight is 639 g/mol. The molecule has 0 saturated heterocycles. The minimum Gasteiger partial charge on any atom is -0.317 e. The predicted octanol–water partition coefficient (Wildman–Crippen LogP) is 13.0. The summed E-state index contributed by atoms with van der Waals surface area (Å²) in [7, 11) is 0. The molecule has 0 fully saturated rings. The molecule has 2 heteroatoms. The number of allylic oxidation sites excluding steroid dienone is 4. The lowest BCUT2D eigenvalue weighted by atomic mass is 9.95. The molecule has 1 aliphatic heterocycles. The lowest BCUT2D eigenvalue weighted by Crippen LogP contribution is -2.11. The van der Waals surface area contributed by atoms with Gasteiger partial charge >= 0.3 is 0 Å². The molecule has 7 aromatic carbocycles. The van der Waals surface area contributed by atoms with Gasteiger partial charge in [-0.1, -0.05) is 128 Å². The van der Waals surface area contributed by atoms with Crippen LogP contribution in [0.15, 0.2) is 201 Å². The van der Waals surface area contributed by atoms with Gasteiger partial charge in [-0.25, -0.2) is 0 Å². The van der Waals surface area contributed by atoms with Crippen LogP contribution in [0.5, 0.6) is 0 Å². The zero-order valence-electron chi connectivity index (χ0n) is 27.6. The van der Waals surface area contributed by atoms with Crippen LogP contribution in [-0.2, 0) is 0 Å². The van der Waals surface area contributed by atoms with Gasteiger partial charge in [0.15, 0.2) is 0 Å². The lowest BCUT2D eigenvalue weighted by Gasteiger charge is -2.25. The Hall–Kier alpha value is -6.64. The van der Waals surface area contributed by atoms with Crippen LogP contribution >= 0.6 is 0 Å². The zero-order valence-corrected chi connectivity index (χ0v) is 27.6. The summed E-state index contributed by atoms with van der Waals surface area (Å²) in [6.07, 6.45) is 8.33. The van der Waals surface area contributed by atoms with E-state index in [2.05, 4.69) is 210 Å². The van der Waals surface area contributed by atoms with Gasteiger partial charge in [0, 0.05) is 33.9 Å². The van der Waals surface area contributed by atoms with E-state index in [0.717, 1.165) is 33.8 Å². The third kappa shape index (κ3) is 5.24. The van der Waals surface area contributed by atoms with Gasteiger partial charge < -0.3 is 9.47 Å². The Morgan fingerprint density at radius 1 is 0.400 bits per heavy atom. The summed E-state index contributed by atoms with van der Waals surface area (Å²) >= 11 is 0. The van der Waals surface area contributed by atoms with Crippen molar-refractivity contribution in [1.82, 2.24) is 4.57 Å². The quantitative estimate of drug-likeness (QED) is 0.182. The minimum absolute atomic E-state index is 0.986. The molecular formula is C48H34N2. The van der Waals surface area contributed by atoms with Gasteiger partial charge in [-0.15, -0.1) is 0 Å². The molecule has 0 bridgehead atoms. The first-order valence-electron chi connectivity index (χ1n) is 17.0. The van der Waals surface area contributed by atoms with Crippen LogP contribution in [0.4, 0.5) is 11.4 Å². The van der Waals surface area contributed by atoms with Gasteiger partial charge in [0.1, 0.15) is 0 Å². The Labute approximate surface area is 292 Å². The van der Waals surface area contributed by atoms with Crippen molar-refractivity contribution < 1.29 is 0 Å². The monoisotopic (exact) mass is 638 g/mol. The van der Waals surface area contributed by atoms with Crippen LogP contribution in [-0.4, -0.2) is 4.57 Å². The van der Waals surface area contributed by atoms with E-state index in [0.29, 0.717) is 0 Å². The second-order valence-corrected chi connectivity index (χ2v) is 12.7. The van der Waals surface area contributed by atoms with Gasteiger partial charge in [0.2, 0.25) is 0 Å². The average Bonchev–Trinajstić information content (AvgIpc) is 3.51. The molecule has 50 heavy (non-hydrogen) atoms. The SMILES string of the molecule is C=C1/C=C\C=C/N(c2ccccc2)c2ccc(-c3ccc4c(c3)c3ccccc3n4-c3ccc(-c4cccc(-c5ccccc5)c4)cc3)cc21. The van der Waals surface area contributed by atoms with E-state index in [1.807, 2.05) is 0 Å². The Morgan fingerprint density at radius 2 is 1.00 bits per heavy atom. The van der Waals surface area contributed by atoms with Crippen molar-refractivity contribution >= 4 is 38.8 Å². The van der Waals surface area contributed by atoms with E-state index in [1.54, 1.807) is 0 Å². The van der Waals surface area contributed by atoms with Crippen LogP contribution < -0.4 is 4.90 Å². The van der Waals surface area contributed by atoms with Crippen molar-refractivity contribution in [3.8, 4) is 39.1 Å². The minimum atomic E-state index is 0.986. The first-order valence-corrected chi connectivity index (χ1v) is 17.0. The molecule has 0 atom stereocenters. The number of benzene rings is 7. The smallest absolute Gasteiger partial charge is 0.0541 e. The van der Waals surface area contributed by atoms with E-state index in [4.69, 9.17) is 0 Å². The molecule has 0 spiro atoms. The van der Waals surface area contributed by atoms with Crippen molar-refractivity contribution in [3.05, 3.63) is 206 Å². The molecule has 0 unspecified atom stereocenters. The maximum absolute atomic E-state index is 4.44. The molecular weight excluding hydrogens is 605 g/mol. The summed E-state index contributed by atoms with van der Waals surface area (Å²) in [6.45, 7) is 4.44. The molecule has 0 radical (unpaired) electrons. The third-order valence-corrected chi connectivity index (χ3v) is 9.71. The molecule has 1 aromatic heterocycles. The second kappa shape index (κ2) is 12.4. The summed E-state index contributed by atoms with van der Waals surface area (Å²) in [5, 5.41) is 2.47. The number of fused-ring (bicyclic) bond motifs is 4. The fraction of sp³-hybridized carbons (Fsp3) is 0. The molecule has 0 amide bonds. The van der Waals surface area contributed by atoms with Gasteiger partial charge in [-0.3, -0.25) is 0 Å². The van der Waals surface area contributed by atoms with Crippen molar-refractivity contribution in [2.75, 3.05) is 4.90 Å². The molecule has 2 heterocycles. The molecule has 0 N–H and O–H groups in total. The highest BCUT2D eigenvalue weighted by atomic mass is 15.1. The van der Waals surface area contributed by atoms with Crippen LogP contribution in [0.1, 0.15) is 5.56 Å². The van der Waals surface area contributed by atoms with E-state index in [1.165, 1.54) is 49.6 Å². The summed E-state index contributed by atoms with van der Waals surface area (Å²) < 4.78 is 2.38. The molecule has 236 valence electrons. The molecule has 9 rings (SSSR count). The number of hydrogen-bond acceptors (Lipinski definition) is 1. The number of rotatable bonds is 5. The molecule has 0 aliphatic carbocycles. The highest BCUT2D eigenvalue weighted by molar-refractivity contribution is 6.10. The molecule has 8 aromatic rings. The number of nitrogens with zero attached hydrogens (tertiary/aromatic N) is 2. The summed E-state index contributed by atoms with van der Waals surface area (Å²) in [5.74, 6) is 0. The van der Waals surface area contributed by atoms with E-state index >= 15 is 0 Å². The van der Waals surface area contributed by atoms with Crippen LogP contribution in [0.3, 0.4) is 0 Å². The number of hydrogen-bond donors (Lipinski definition) is 0. The highest BCUT2D eigenvalue weighted by Gasteiger charge is 2.17. The largest absolute Gasteiger partial charge is 0.317 e. The number of para-hydroxylation sites is 2. The second-order valence-electron chi connectivity index (χ2n) is 12.7. The van der Waals surface area contributed by atoms with Crippen molar-refractivity contribution in [2.45, 2.75) is 0 Å². The van der Waals surface area contributed by atoms with Gasteiger partial charge in [-0.05, 0) is 106 Å². The van der Waals surface area contributed by atoms with Gasteiger partial charge in [0.05, 0.1) is 16.7 Å². The summed E-state index contributed by atoms with van der Waals surface area (Å²) in [5.41, 5.74) is 15.1. The highest BCUT2D eigenvalue weighted by Crippen LogP contribution is 2.40. The van der Waals surface area contributed by atoms with Crippen LogP contribution in [0.2, 0.25) is 0 Å².